The lowest BCUT2D eigenvalue weighted by molar-refractivity contribution is -0.130. The summed E-state index contributed by atoms with van der Waals surface area (Å²) in [5.41, 5.74) is 2.55. The van der Waals surface area contributed by atoms with Crippen LogP contribution in [0.15, 0.2) is 24.3 Å². The second kappa shape index (κ2) is 7.03. The molecule has 2 aliphatic rings. The Morgan fingerprint density at radius 2 is 2.00 bits per heavy atom. The molecule has 4 rings (SSSR count). The van der Waals surface area contributed by atoms with Gasteiger partial charge in [0.2, 0.25) is 22.1 Å². The molecule has 0 aliphatic carbocycles. The molecule has 2 aliphatic heterocycles. The van der Waals surface area contributed by atoms with Crippen molar-refractivity contribution < 1.29 is 9.59 Å². The van der Waals surface area contributed by atoms with E-state index in [2.05, 4.69) is 22.3 Å². The second-order valence-electron chi connectivity index (χ2n) is 6.71. The number of amides is 2. The first-order valence-electron chi connectivity index (χ1n) is 8.81. The van der Waals surface area contributed by atoms with E-state index in [0.717, 1.165) is 19.4 Å². The lowest BCUT2D eigenvalue weighted by atomic mass is 10.00. The van der Waals surface area contributed by atoms with Gasteiger partial charge < -0.3 is 9.80 Å². The van der Waals surface area contributed by atoms with Crippen LogP contribution in [0.25, 0.3) is 0 Å². The summed E-state index contributed by atoms with van der Waals surface area (Å²) in [6.45, 7) is 2.36. The van der Waals surface area contributed by atoms with E-state index in [1.165, 1.54) is 22.5 Å². The maximum Gasteiger partial charge on any atom is 0.242 e. The summed E-state index contributed by atoms with van der Waals surface area (Å²) in [4.78, 5) is 29.9. The van der Waals surface area contributed by atoms with Crippen LogP contribution >= 0.6 is 11.3 Å². The highest BCUT2D eigenvalue weighted by Gasteiger charge is 2.26. The minimum atomic E-state index is 0.0796. The smallest absolute Gasteiger partial charge is 0.242 e. The van der Waals surface area contributed by atoms with Gasteiger partial charge in [0, 0.05) is 33.1 Å². The number of carbonyl (C=O) groups excluding carboxylic acids is 2. The van der Waals surface area contributed by atoms with Gasteiger partial charge in [-0.3, -0.25) is 14.5 Å². The van der Waals surface area contributed by atoms with Gasteiger partial charge >= 0.3 is 0 Å². The van der Waals surface area contributed by atoms with Crippen molar-refractivity contribution in [1.82, 2.24) is 15.1 Å². The molecule has 7 nitrogen and oxygen atoms in total. The van der Waals surface area contributed by atoms with Crippen LogP contribution in [0.4, 0.5) is 10.3 Å². The number of carbonyl (C=O) groups is 2. The Labute approximate surface area is 156 Å². The van der Waals surface area contributed by atoms with E-state index in [1.54, 1.807) is 4.90 Å². The topological polar surface area (TPSA) is 69.6 Å². The summed E-state index contributed by atoms with van der Waals surface area (Å²) >= 11 is 1.36. The van der Waals surface area contributed by atoms with Crippen LogP contribution in [0, 0.1) is 0 Å². The number of likely N-dealkylation sites (N-methyl/N-ethyl adjacent to an activating group) is 1. The highest BCUT2D eigenvalue weighted by Crippen LogP contribution is 2.29. The zero-order chi connectivity index (χ0) is 18.1. The highest BCUT2D eigenvalue weighted by atomic mass is 32.1. The Morgan fingerprint density at radius 3 is 2.77 bits per heavy atom. The lowest BCUT2D eigenvalue weighted by Crippen LogP contribution is -2.41. The molecule has 0 N–H and O–H groups in total. The van der Waals surface area contributed by atoms with Gasteiger partial charge in [-0.25, -0.2) is 0 Å². The summed E-state index contributed by atoms with van der Waals surface area (Å²) in [7, 11) is 1.84. The fourth-order valence-corrected chi connectivity index (χ4v) is 4.25. The Hall–Kier alpha value is -2.48. The minimum absolute atomic E-state index is 0.0796. The van der Waals surface area contributed by atoms with Crippen molar-refractivity contribution in [3.63, 3.8) is 0 Å². The van der Waals surface area contributed by atoms with E-state index in [1.807, 2.05) is 29.0 Å². The molecule has 1 aromatic carbocycles. The highest BCUT2D eigenvalue weighted by molar-refractivity contribution is 7.19. The van der Waals surface area contributed by atoms with Crippen LogP contribution in [-0.4, -0.2) is 53.6 Å². The van der Waals surface area contributed by atoms with Crippen LogP contribution in [-0.2, 0) is 22.6 Å². The van der Waals surface area contributed by atoms with Gasteiger partial charge in [-0.15, -0.1) is 10.2 Å². The maximum atomic E-state index is 12.7. The third-order valence-electron chi connectivity index (χ3n) is 4.89. The van der Waals surface area contributed by atoms with Gasteiger partial charge in [-0.2, -0.15) is 0 Å². The van der Waals surface area contributed by atoms with E-state index in [4.69, 9.17) is 0 Å². The lowest BCUT2D eigenvalue weighted by Gasteiger charge is -2.30. The number of nitrogens with zero attached hydrogens (tertiary/aromatic N) is 5. The average molecular weight is 371 g/mol. The fraction of sp³-hybridized carbons (Fsp3) is 0.444. The molecule has 0 bridgehead atoms. The molecule has 2 amide bonds. The van der Waals surface area contributed by atoms with E-state index in [0.29, 0.717) is 29.8 Å². The number of aromatic nitrogens is 2. The van der Waals surface area contributed by atoms with Gasteiger partial charge in [-0.1, -0.05) is 35.6 Å². The van der Waals surface area contributed by atoms with Gasteiger partial charge in [0.15, 0.2) is 0 Å². The van der Waals surface area contributed by atoms with Gasteiger partial charge in [0.05, 0.1) is 6.54 Å². The van der Waals surface area contributed by atoms with Crippen molar-refractivity contribution in [2.75, 3.05) is 36.5 Å². The quantitative estimate of drug-likeness (QED) is 0.818. The zero-order valence-electron chi connectivity index (χ0n) is 14.7. The van der Waals surface area contributed by atoms with E-state index in [9.17, 15) is 9.59 Å². The van der Waals surface area contributed by atoms with Crippen molar-refractivity contribution in [3.05, 3.63) is 35.4 Å². The average Bonchev–Trinajstić information content (AvgIpc) is 3.30. The number of hydrogen-bond donors (Lipinski definition) is 0. The summed E-state index contributed by atoms with van der Waals surface area (Å²) in [6.07, 6.45) is 2.32. The number of benzene rings is 1. The summed E-state index contributed by atoms with van der Waals surface area (Å²) < 4.78 is 0. The Kier molecular flexibility index (Phi) is 4.58. The first-order chi connectivity index (χ1) is 12.6. The van der Waals surface area contributed by atoms with Crippen molar-refractivity contribution in [3.8, 4) is 0 Å². The first-order valence-corrected chi connectivity index (χ1v) is 9.63. The molecular formula is C18H21N5O2S. The first kappa shape index (κ1) is 17.0. The molecule has 0 atom stereocenters. The minimum Gasteiger partial charge on any atom is -0.340 e. The molecule has 26 heavy (non-hydrogen) atoms. The number of rotatable bonds is 4. The molecule has 2 aromatic rings. The molecule has 0 unspecified atom stereocenters. The monoisotopic (exact) mass is 371 g/mol. The van der Waals surface area contributed by atoms with Crippen LogP contribution in [0.2, 0.25) is 0 Å². The Morgan fingerprint density at radius 1 is 1.19 bits per heavy atom. The van der Waals surface area contributed by atoms with Crippen molar-refractivity contribution in [1.29, 1.82) is 0 Å². The summed E-state index contributed by atoms with van der Waals surface area (Å²) in [5, 5.41) is 9.56. The summed E-state index contributed by atoms with van der Waals surface area (Å²) in [5.74, 6) is 0.175. The SMILES string of the molecule is CN(CC(=O)N1CCc2ccccc2C1)c1nnc(N2CCCC2=O)s1. The molecular weight excluding hydrogens is 350 g/mol. The zero-order valence-corrected chi connectivity index (χ0v) is 15.5. The normalized spacial score (nSPS) is 16.7. The molecule has 8 heteroatoms. The van der Waals surface area contributed by atoms with Crippen LogP contribution < -0.4 is 9.80 Å². The Bertz CT molecular complexity index is 836. The third kappa shape index (κ3) is 3.29. The van der Waals surface area contributed by atoms with Gasteiger partial charge in [-0.05, 0) is 24.0 Å². The van der Waals surface area contributed by atoms with Crippen LogP contribution in [0.1, 0.15) is 24.0 Å². The maximum absolute atomic E-state index is 12.7. The third-order valence-corrected chi connectivity index (χ3v) is 5.95. The molecule has 0 saturated carbocycles. The number of hydrogen-bond acceptors (Lipinski definition) is 6. The number of fused-ring (bicyclic) bond motifs is 1. The fourth-order valence-electron chi connectivity index (χ4n) is 3.40. The second-order valence-corrected chi connectivity index (χ2v) is 7.64. The molecule has 0 spiro atoms. The standard InChI is InChI=1S/C18H21N5O2S/c1-21(17-19-20-18(26-17)23-9-4-7-15(23)24)12-16(25)22-10-8-13-5-2-3-6-14(13)11-22/h2-3,5-6H,4,7-12H2,1H3. The van der Waals surface area contributed by atoms with Gasteiger partial charge in [0.1, 0.15) is 0 Å². The largest absolute Gasteiger partial charge is 0.340 e. The molecule has 3 heterocycles. The van der Waals surface area contributed by atoms with Crippen molar-refractivity contribution in [2.45, 2.75) is 25.8 Å². The van der Waals surface area contributed by atoms with E-state index >= 15 is 0 Å². The van der Waals surface area contributed by atoms with Crippen molar-refractivity contribution in [2.24, 2.45) is 0 Å². The summed E-state index contributed by atoms with van der Waals surface area (Å²) in [6, 6.07) is 8.28. The molecule has 136 valence electrons. The van der Waals surface area contributed by atoms with Crippen LogP contribution in [0.5, 0.6) is 0 Å². The van der Waals surface area contributed by atoms with E-state index < -0.39 is 0 Å². The van der Waals surface area contributed by atoms with E-state index in [-0.39, 0.29) is 18.4 Å². The molecule has 1 saturated heterocycles. The predicted octanol–water partition coefficient (Wildman–Crippen LogP) is 1.69. The van der Waals surface area contributed by atoms with Crippen LogP contribution in [0.3, 0.4) is 0 Å². The number of anilines is 2. The van der Waals surface area contributed by atoms with Gasteiger partial charge in [0.25, 0.3) is 0 Å². The van der Waals surface area contributed by atoms with Crippen molar-refractivity contribution >= 4 is 33.4 Å². The molecule has 1 aromatic heterocycles. The molecule has 1 fully saturated rings. The predicted molar refractivity (Wildman–Crippen MR) is 100 cm³/mol. The Balaban J connectivity index is 1.39. The molecule has 0 radical (unpaired) electrons.